The average Bonchev–Trinajstić information content (AvgIpc) is 2.78. The molecule has 0 amide bonds. The highest BCUT2D eigenvalue weighted by molar-refractivity contribution is 7.05. The van der Waals surface area contributed by atoms with Crippen LogP contribution in [0.1, 0.15) is 29.1 Å². The number of hydrogen-bond donors (Lipinski definition) is 1. The molecule has 0 saturated heterocycles. The van der Waals surface area contributed by atoms with E-state index in [1.165, 1.54) is 17.6 Å². The third-order valence-corrected chi connectivity index (χ3v) is 4.07. The maximum atomic E-state index is 13.9. The highest BCUT2D eigenvalue weighted by Crippen LogP contribution is 2.25. The topological polar surface area (TPSA) is 37.8 Å². The van der Waals surface area contributed by atoms with E-state index in [-0.39, 0.29) is 11.9 Å². The van der Waals surface area contributed by atoms with Crippen LogP contribution in [0.3, 0.4) is 0 Å². The fourth-order valence-electron chi connectivity index (χ4n) is 1.97. The number of nitrogens with one attached hydrogen (secondary N) is 1. The molecular formula is C13H15ClFN3S. The number of nitrogens with zero attached hydrogens (tertiary/aromatic N) is 2. The number of likely N-dealkylation sites (N-methyl/N-ethyl adjacent to an activating group) is 1. The summed E-state index contributed by atoms with van der Waals surface area (Å²) in [6.45, 7) is 4.74. The van der Waals surface area contributed by atoms with Crippen molar-refractivity contribution in [1.29, 1.82) is 0 Å². The fraction of sp³-hybridized carbons (Fsp3) is 0.385. The molecule has 0 aliphatic rings. The molecule has 0 aliphatic carbocycles. The molecule has 19 heavy (non-hydrogen) atoms. The van der Waals surface area contributed by atoms with Gasteiger partial charge in [-0.25, -0.2) is 4.39 Å². The predicted molar refractivity (Wildman–Crippen MR) is 76.2 cm³/mol. The van der Waals surface area contributed by atoms with Crippen LogP contribution in [0.5, 0.6) is 0 Å². The van der Waals surface area contributed by atoms with E-state index in [1.807, 2.05) is 13.8 Å². The Balaban J connectivity index is 2.24. The van der Waals surface area contributed by atoms with Gasteiger partial charge in [-0.1, -0.05) is 29.1 Å². The molecule has 0 fully saturated rings. The van der Waals surface area contributed by atoms with Crippen LogP contribution in [0.4, 0.5) is 4.39 Å². The van der Waals surface area contributed by atoms with Gasteiger partial charge in [0.2, 0.25) is 0 Å². The second kappa shape index (κ2) is 6.41. The molecule has 1 aromatic heterocycles. The number of aryl methyl sites for hydroxylation is 1. The molecule has 0 saturated carbocycles. The lowest BCUT2D eigenvalue weighted by Crippen LogP contribution is -2.23. The van der Waals surface area contributed by atoms with E-state index in [9.17, 15) is 4.39 Å². The van der Waals surface area contributed by atoms with E-state index < -0.39 is 0 Å². The number of hydrogen-bond acceptors (Lipinski definition) is 4. The summed E-state index contributed by atoms with van der Waals surface area (Å²) in [4.78, 5) is 1.05. The molecule has 1 unspecified atom stereocenters. The zero-order chi connectivity index (χ0) is 13.8. The van der Waals surface area contributed by atoms with E-state index in [0.29, 0.717) is 17.0 Å². The predicted octanol–water partition coefficient (Wildman–Crippen LogP) is 3.53. The quantitative estimate of drug-likeness (QED) is 0.918. The van der Waals surface area contributed by atoms with E-state index in [1.54, 1.807) is 12.1 Å². The summed E-state index contributed by atoms with van der Waals surface area (Å²) in [6.07, 6.45) is 0.557. The van der Waals surface area contributed by atoms with Gasteiger partial charge in [0.05, 0.1) is 10.6 Å². The van der Waals surface area contributed by atoms with Crippen molar-refractivity contribution in [3.8, 4) is 0 Å². The summed E-state index contributed by atoms with van der Waals surface area (Å²) in [7, 11) is 0. The maximum Gasteiger partial charge on any atom is 0.127 e. The SMILES string of the molecule is CCNC(Cc1ccc(Cl)cc1F)c1snnc1C. The second-order valence-corrected chi connectivity index (χ2v) is 5.49. The highest BCUT2D eigenvalue weighted by atomic mass is 35.5. The first-order valence-corrected chi connectivity index (χ1v) is 7.23. The van der Waals surface area contributed by atoms with Crippen molar-refractivity contribution in [2.24, 2.45) is 0 Å². The lowest BCUT2D eigenvalue weighted by molar-refractivity contribution is 0.532. The molecule has 2 rings (SSSR count). The Morgan fingerprint density at radius 2 is 2.26 bits per heavy atom. The Labute approximate surface area is 121 Å². The number of benzene rings is 1. The standard InChI is InChI=1S/C13H15ClFN3S/c1-3-16-12(13-8(2)17-18-19-13)6-9-4-5-10(14)7-11(9)15/h4-5,7,12,16H,3,6H2,1-2H3. The van der Waals surface area contributed by atoms with Gasteiger partial charge in [-0.15, -0.1) is 5.10 Å². The minimum absolute atomic E-state index is 0.0284. The number of rotatable bonds is 5. The smallest absolute Gasteiger partial charge is 0.127 e. The Morgan fingerprint density at radius 3 is 2.84 bits per heavy atom. The van der Waals surface area contributed by atoms with Crippen LogP contribution in [0, 0.1) is 12.7 Å². The maximum absolute atomic E-state index is 13.9. The van der Waals surface area contributed by atoms with Crippen LogP contribution in [0.25, 0.3) is 0 Å². The third-order valence-electron chi connectivity index (χ3n) is 2.89. The zero-order valence-corrected chi connectivity index (χ0v) is 12.4. The van der Waals surface area contributed by atoms with Crippen molar-refractivity contribution in [1.82, 2.24) is 14.9 Å². The molecule has 2 aromatic rings. The van der Waals surface area contributed by atoms with Crippen molar-refractivity contribution in [3.63, 3.8) is 0 Å². The van der Waals surface area contributed by atoms with Gasteiger partial charge in [0, 0.05) is 11.1 Å². The van der Waals surface area contributed by atoms with Crippen LogP contribution in [0.2, 0.25) is 5.02 Å². The molecule has 0 radical (unpaired) electrons. The monoisotopic (exact) mass is 299 g/mol. The minimum Gasteiger partial charge on any atom is -0.309 e. The Kier molecular flexibility index (Phi) is 4.85. The van der Waals surface area contributed by atoms with Crippen LogP contribution in [-0.4, -0.2) is 16.1 Å². The van der Waals surface area contributed by atoms with Crippen LogP contribution >= 0.6 is 23.1 Å². The van der Waals surface area contributed by atoms with Crippen molar-refractivity contribution in [2.45, 2.75) is 26.3 Å². The summed E-state index contributed by atoms with van der Waals surface area (Å²) in [5.41, 5.74) is 1.54. The molecular weight excluding hydrogens is 285 g/mol. The molecule has 3 nitrogen and oxygen atoms in total. The van der Waals surface area contributed by atoms with E-state index in [0.717, 1.165) is 17.1 Å². The molecule has 1 heterocycles. The van der Waals surface area contributed by atoms with Gasteiger partial charge >= 0.3 is 0 Å². The average molecular weight is 300 g/mol. The molecule has 6 heteroatoms. The molecule has 0 spiro atoms. The Bertz CT molecular complexity index is 559. The number of halogens is 2. The van der Waals surface area contributed by atoms with E-state index in [4.69, 9.17) is 11.6 Å². The second-order valence-electron chi connectivity index (χ2n) is 4.27. The summed E-state index contributed by atoms with van der Waals surface area (Å²) in [5, 5.41) is 7.77. The van der Waals surface area contributed by atoms with Gasteiger partial charge in [-0.05, 0) is 49.1 Å². The largest absolute Gasteiger partial charge is 0.309 e. The van der Waals surface area contributed by atoms with Crippen molar-refractivity contribution >= 4 is 23.1 Å². The normalized spacial score (nSPS) is 12.6. The lowest BCUT2D eigenvalue weighted by Gasteiger charge is -2.17. The zero-order valence-electron chi connectivity index (χ0n) is 10.8. The summed E-state index contributed by atoms with van der Waals surface area (Å²) < 4.78 is 17.8. The first-order chi connectivity index (χ1) is 9.11. The van der Waals surface area contributed by atoms with Gasteiger partial charge in [-0.2, -0.15) is 0 Å². The Hall–Kier alpha value is -1.04. The molecule has 1 atom stereocenters. The van der Waals surface area contributed by atoms with Crippen molar-refractivity contribution < 1.29 is 4.39 Å². The third kappa shape index (κ3) is 3.49. The van der Waals surface area contributed by atoms with Crippen LogP contribution in [0.15, 0.2) is 18.2 Å². The first kappa shape index (κ1) is 14.4. The molecule has 1 N–H and O–H groups in total. The van der Waals surface area contributed by atoms with Crippen LogP contribution < -0.4 is 5.32 Å². The number of aromatic nitrogens is 2. The summed E-state index contributed by atoms with van der Waals surface area (Å²) >= 11 is 7.12. The first-order valence-electron chi connectivity index (χ1n) is 6.08. The lowest BCUT2D eigenvalue weighted by atomic mass is 10.0. The van der Waals surface area contributed by atoms with E-state index in [2.05, 4.69) is 14.9 Å². The fourth-order valence-corrected chi connectivity index (χ4v) is 2.84. The summed E-state index contributed by atoms with van der Waals surface area (Å²) in [5.74, 6) is -0.273. The Morgan fingerprint density at radius 1 is 1.47 bits per heavy atom. The van der Waals surface area contributed by atoms with E-state index >= 15 is 0 Å². The van der Waals surface area contributed by atoms with Crippen molar-refractivity contribution in [2.75, 3.05) is 6.54 Å². The molecule has 1 aromatic carbocycles. The molecule has 0 bridgehead atoms. The van der Waals surface area contributed by atoms with Gasteiger partial charge < -0.3 is 5.32 Å². The van der Waals surface area contributed by atoms with Gasteiger partial charge in [0.25, 0.3) is 0 Å². The highest BCUT2D eigenvalue weighted by Gasteiger charge is 2.18. The van der Waals surface area contributed by atoms with Gasteiger partial charge in [0.15, 0.2) is 0 Å². The molecule has 0 aliphatic heterocycles. The minimum atomic E-state index is -0.273. The van der Waals surface area contributed by atoms with Crippen LogP contribution in [-0.2, 0) is 6.42 Å². The van der Waals surface area contributed by atoms with Gasteiger partial charge in [0.1, 0.15) is 5.82 Å². The van der Waals surface area contributed by atoms with Gasteiger partial charge in [-0.3, -0.25) is 0 Å². The van der Waals surface area contributed by atoms with Crippen molar-refractivity contribution in [3.05, 3.63) is 45.2 Å². The summed E-state index contributed by atoms with van der Waals surface area (Å²) in [6, 6.07) is 4.81. The molecule has 102 valence electrons.